The third-order valence-corrected chi connectivity index (χ3v) is 5.13. The monoisotopic (exact) mass is 359 g/mol. The minimum Gasteiger partial charge on any atom is -0.493 e. The summed E-state index contributed by atoms with van der Waals surface area (Å²) in [7, 11) is 3.37. The van der Waals surface area contributed by atoms with Gasteiger partial charge in [-0.1, -0.05) is 17.3 Å². The predicted octanol–water partition coefficient (Wildman–Crippen LogP) is 2.01. The van der Waals surface area contributed by atoms with Gasteiger partial charge in [0.05, 0.1) is 19.1 Å². The Kier molecular flexibility index (Phi) is 5.19. The van der Waals surface area contributed by atoms with Gasteiger partial charge in [0.2, 0.25) is 5.89 Å². The van der Waals surface area contributed by atoms with E-state index in [1.54, 1.807) is 14.2 Å². The van der Waals surface area contributed by atoms with Gasteiger partial charge >= 0.3 is 0 Å². The average molecular weight is 359 g/mol. The minimum absolute atomic E-state index is 0.186. The highest BCUT2D eigenvalue weighted by Crippen LogP contribution is 2.34. The first kappa shape index (κ1) is 17.5. The molecule has 7 heteroatoms. The Balaban J connectivity index is 1.46. The number of rotatable bonds is 7. The molecule has 2 aliphatic heterocycles. The molecule has 7 nitrogen and oxygen atoms in total. The highest BCUT2D eigenvalue weighted by Gasteiger charge is 2.37. The molecule has 140 valence electrons. The van der Waals surface area contributed by atoms with Gasteiger partial charge in [0, 0.05) is 46.2 Å². The molecule has 0 saturated carbocycles. The Labute approximate surface area is 153 Å². The van der Waals surface area contributed by atoms with E-state index in [4.69, 9.17) is 18.7 Å². The van der Waals surface area contributed by atoms with Crippen LogP contribution in [0.3, 0.4) is 0 Å². The first-order chi connectivity index (χ1) is 12.8. The molecule has 4 rings (SSSR count). The van der Waals surface area contributed by atoms with E-state index in [-0.39, 0.29) is 5.92 Å². The molecule has 1 aromatic heterocycles. The molecule has 1 aromatic carbocycles. The van der Waals surface area contributed by atoms with Crippen LogP contribution in [0, 0.1) is 5.92 Å². The third kappa shape index (κ3) is 3.60. The Hall–Kier alpha value is -1.96. The summed E-state index contributed by atoms with van der Waals surface area (Å²) in [5.74, 6) is 2.83. The average Bonchev–Trinajstić information content (AvgIpc) is 3.35. The van der Waals surface area contributed by atoms with Crippen LogP contribution in [0.4, 0.5) is 0 Å². The van der Waals surface area contributed by atoms with E-state index in [9.17, 15) is 0 Å². The molecule has 2 aliphatic rings. The van der Waals surface area contributed by atoms with Crippen molar-refractivity contribution in [3.8, 4) is 5.75 Å². The van der Waals surface area contributed by atoms with Crippen LogP contribution in [0.5, 0.6) is 5.75 Å². The van der Waals surface area contributed by atoms with Crippen LogP contribution in [0.25, 0.3) is 0 Å². The largest absolute Gasteiger partial charge is 0.493 e. The highest BCUT2D eigenvalue weighted by atomic mass is 16.5. The number of nitrogens with zero attached hydrogens (tertiary/aromatic N) is 3. The molecule has 26 heavy (non-hydrogen) atoms. The molecular formula is C19H25N3O4. The lowest BCUT2D eigenvalue weighted by molar-refractivity contribution is 0.142. The molecular weight excluding hydrogens is 334 g/mol. The zero-order chi connectivity index (χ0) is 17.9. The van der Waals surface area contributed by atoms with E-state index in [0.717, 1.165) is 38.4 Å². The van der Waals surface area contributed by atoms with Crippen LogP contribution in [0.15, 0.2) is 22.7 Å². The number of ether oxygens (including phenoxy) is 3. The lowest BCUT2D eigenvalue weighted by Gasteiger charge is -2.16. The van der Waals surface area contributed by atoms with Crippen LogP contribution >= 0.6 is 0 Å². The maximum atomic E-state index is 5.60. The van der Waals surface area contributed by atoms with E-state index < -0.39 is 0 Å². The second-order valence-electron chi connectivity index (χ2n) is 7.04. The van der Waals surface area contributed by atoms with Crippen molar-refractivity contribution in [2.45, 2.75) is 25.5 Å². The van der Waals surface area contributed by atoms with Crippen molar-refractivity contribution >= 4 is 0 Å². The van der Waals surface area contributed by atoms with Crippen molar-refractivity contribution in [2.24, 2.45) is 5.92 Å². The van der Waals surface area contributed by atoms with Gasteiger partial charge in [-0.2, -0.15) is 4.98 Å². The van der Waals surface area contributed by atoms with Crippen LogP contribution < -0.4 is 4.74 Å². The quantitative estimate of drug-likeness (QED) is 0.749. The highest BCUT2D eigenvalue weighted by molar-refractivity contribution is 5.39. The number of methoxy groups -OCH3 is 2. The first-order valence-electron chi connectivity index (χ1n) is 9.04. The zero-order valence-electron chi connectivity index (χ0n) is 15.3. The molecule has 0 bridgehead atoms. The summed E-state index contributed by atoms with van der Waals surface area (Å²) in [4.78, 5) is 6.94. The standard InChI is InChI=1S/C19H25N3O4/c1-23-11-15-9-22(8-13-3-4-17-14(7-13)5-6-25-17)10-16(15)19-20-18(12-24-2)21-26-19/h3-4,7,15-16H,5-6,8-12H2,1-2H3/t15-,16+/m0/s1. The minimum atomic E-state index is 0.186. The van der Waals surface area contributed by atoms with Crippen LogP contribution in [0.1, 0.15) is 28.8 Å². The van der Waals surface area contributed by atoms with Gasteiger partial charge in [-0.15, -0.1) is 0 Å². The van der Waals surface area contributed by atoms with Crippen molar-refractivity contribution in [3.63, 3.8) is 0 Å². The van der Waals surface area contributed by atoms with Crippen molar-refractivity contribution in [3.05, 3.63) is 41.0 Å². The molecule has 0 N–H and O–H groups in total. The molecule has 0 unspecified atom stereocenters. The van der Waals surface area contributed by atoms with Gasteiger partial charge in [0.1, 0.15) is 12.4 Å². The summed E-state index contributed by atoms with van der Waals surface area (Å²) in [6.45, 7) is 4.59. The maximum Gasteiger partial charge on any atom is 0.231 e. The van der Waals surface area contributed by atoms with Crippen LogP contribution in [-0.2, 0) is 29.0 Å². The smallest absolute Gasteiger partial charge is 0.231 e. The number of fused-ring (bicyclic) bond motifs is 1. The molecule has 0 aliphatic carbocycles. The molecule has 0 spiro atoms. The summed E-state index contributed by atoms with van der Waals surface area (Å²) in [6, 6.07) is 6.52. The topological polar surface area (TPSA) is 69.9 Å². The van der Waals surface area contributed by atoms with Crippen molar-refractivity contribution in [1.82, 2.24) is 15.0 Å². The summed E-state index contributed by atoms with van der Waals surface area (Å²) in [5.41, 5.74) is 2.63. The summed E-state index contributed by atoms with van der Waals surface area (Å²) in [5, 5.41) is 4.01. The van der Waals surface area contributed by atoms with E-state index >= 15 is 0 Å². The number of hydrogen-bond donors (Lipinski definition) is 0. The fourth-order valence-corrected chi connectivity index (χ4v) is 3.95. The van der Waals surface area contributed by atoms with Gasteiger partial charge in [-0.25, -0.2) is 0 Å². The lowest BCUT2D eigenvalue weighted by atomic mass is 9.97. The summed E-state index contributed by atoms with van der Waals surface area (Å²) >= 11 is 0. The predicted molar refractivity (Wildman–Crippen MR) is 94.0 cm³/mol. The fraction of sp³-hybridized carbons (Fsp3) is 0.579. The molecule has 2 atom stereocenters. The van der Waals surface area contributed by atoms with Gasteiger partial charge < -0.3 is 18.7 Å². The van der Waals surface area contributed by atoms with E-state index in [1.807, 2.05) is 0 Å². The van der Waals surface area contributed by atoms with Crippen molar-refractivity contribution in [1.29, 1.82) is 0 Å². The first-order valence-corrected chi connectivity index (χ1v) is 9.04. The number of benzene rings is 1. The summed E-state index contributed by atoms with van der Waals surface area (Å²) in [6.07, 6.45) is 1.00. The SMILES string of the molecule is COCc1noc([C@@H]2CN(Cc3ccc4c(c3)CCO4)C[C@H]2COC)n1. The normalized spacial score (nSPS) is 22.5. The van der Waals surface area contributed by atoms with E-state index in [1.165, 1.54) is 11.1 Å². The fourth-order valence-electron chi connectivity index (χ4n) is 3.95. The molecule has 3 heterocycles. The Morgan fingerprint density at radius 2 is 2.15 bits per heavy atom. The van der Waals surface area contributed by atoms with Gasteiger partial charge in [-0.3, -0.25) is 4.90 Å². The van der Waals surface area contributed by atoms with Gasteiger partial charge in [0.25, 0.3) is 0 Å². The van der Waals surface area contributed by atoms with Crippen molar-refractivity contribution in [2.75, 3.05) is 40.5 Å². The Morgan fingerprint density at radius 1 is 1.23 bits per heavy atom. The Bertz CT molecular complexity index is 748. The second kappa shape index (κ2) is 7.73. The molecule has 0 radical (unpaired) electrons. The Morgan fingerprint density at radius 3 is 3.00 bits per heavy atom. The van der Waals surface area contributed by atoms with Crippen molar-refractivity contribution < 1.29 is 18.7 Å². The van der Waals surface area contributed by atoms with E-state index in [2.05, 4.69) is 33.2 Å². The molecule has 2 aromatic rings. The number of likely N-dealkylation sites (tertiary alicyclic amines) is 1. The van der Waals surface area contributed by atoms with Crippen LogP contribution in [0.2, 0.25) is 0 Å². The van der Waals surface area contributed by atoms with E-state index in [0.29, 0.717) is 30.8 Å². The third-order valence-electron chi connectivity index (χ3n) is 5.13. The molecule has 0 amide bonds. The van der Waals surface area contributed by atoms with Crippen LogP contribution in [-0.4, -0.2) is 55.6 Å². The number of hydrogen-bond acceptors (Lipinski definition) is 7. The van der Waals surface area contributed by atoms with Gasteiger partial charge in [-0.05, 0) is 17.2 Å². The maximum absolute atomic E-state index is 5.60. The molecule has 1 saturated heterocycles. The molecule has 1 fully saturated rings. The number of aromatic nitrogens is 2. The lowest BCUT2D eigenvalue weighted by Crippen LogP contribution is -2.21. The second-order valence-corrected chi connectivity index (χ2v) is 7.04. The summed E-state index contributed by atoms with van der Waals surface area (Å²) < 4.78 is 21.6. The van der Waals surface area contributed by atoms with Gasteiger partial charge in [0.15, 0.2) is 5.82 Å². The zero-order valence-corrected chi connectivity index (χ0v) is 15.3.